The zero-order valence-corrected chi connectivity index (χ0v) is 19.1. The van der Waals surface area contributed by atoms with E-state index in [2.05, 4.69) is 10.3 Å². The van der Waals surface area contributed by atoms with E-state index in [9.17, 15) is 19.7 Å². The van der Waals surface area contributed by atoms with E-state index in [0.717, 1.165) is 12.0 Å². The zero-order valence-electron chi connectivity index (χ0n) is 19.1. The Morgan fingerprint density at radius 3 is 2.62 bits per heavy atom. The van der Waals surface area contributed by atoms with Crippen LogP contribution in [-0.4, -0.2) is 28.1 Å². The van der Waals surface area contributed by atoms with Crippen LogP contribution in [0.25, 0.3) is 11.1 Å². The molecule has 1 N–H and O–H groups in total. The largest absolute Gasteiger partial charge is 0.434 e. The van der Waals surface area contributed by atoms with Crippen molar-refractivity contribution < 1.29 is 18.9 Å². The highest BCUT2D eigenvalue weighted by Gasteiger charge is 2.27. The van der Waals surface area contributed by atoms with Crippen LogP contribution in [0, 0.1) is 16.0 Å². The molecule has 34 heavy (non-hydrogen) atoms. The molecule has 1 heterocycles. The minimum Gasteiger partial charge on any atom is -0.434 e. The van der Waals surface area contributed by atoms with Gasteiger partial charge < -0.3 is 9.73 Å². The molecule has 1 amide bonds. The molecule has 1 aliphatic carbocycles. The molecule has 0 radical (unpaired) electrons. The van der Waals surface area contributed by atoms with Gasteiger partial charge in [-0.05, 0) is 30.4 Å². The Hall–Kier alpha value is -3.55. The molecule has 0 saturated heterocycles. The summed E-state index contributed by atoms with van der Waals surface area (Å²) >= 11 is 0. The summed E-state index contributed by atoms with van der Waals surface area (Å²) in [4.78, 5) is 40.4. The van der Waals surface area contributed by atoms with Crippen molar-refractivity contribution in [2.75, 3.05) is 6.54 Å². The Kier molecular flexibility index (Phi) is 7.67. The van der Waals surface area contributed by atoms with Gasteiger partial charge in [0.2, 0.25) is 11.7 Å². The van der Waals surface area contributed by atoms with Gasteiger partial charge in [0.1, 0.15) is 5.52 Å². The third-order valence-corrected chi connectivity index (χ3v) is 6.57. The molecule has 1 aliphatic rings. The SMILES string of the molecule is O=C(CCC1CCCCC1)NCCC(C(=O)c1nc2cc([N+](=O)[O-])ccc2o1)c1ccccc1. The Morgan fingerprint density at radius 2 is 1.88 bits per heavy atom. The van der Waals surface area contributed by atoms with Crippen LogP contribution < -0.4 is 5.32 Å². The first-order valence-corrected chi connectivity index (χ1v) is 11.9. The lowest BCUT2D eigenvalue weighted by Gasteiger charge is -2.21. The molecule has 2 aromatic carbocycles. The summed E-state index contributed by atoms with van der Waals surface area (Å²) in [6, 6.07) is 13.4. The predicted molar refractivity (Wildman–Crippen MR) is 128 cm³/mol. The van der Waals surface area contributed by atoms with Crippen molar-refractivity contribution in [3.63, 3.8) is 0 Å². The predicted octanol–water partition coefficient (Wildman–Crippen LogP) is 5.57. The number of amides is 1. The molecule has 0 aliphatic heterocycles. The molecule has 1 atom stereocenters. The molecule has 178 valence electrons. The molecule has 1 unspecified atom stereocenters. The molecule has 1 aromatic heterocycles. The number of hydrogen-bond acceptors (Lipinski definition) is 6. The van der Waals surface area contributed by atoms with E-state index in [0.29, 0.717) is 30.9 Å². The minimum absolute atomic E-state index is 0.0130. The van der Waals surface area contributed by atoms with Gasteiger partial charge in [-0.2, -0.15) is 0 Å². The van der Waals surface area contributed by atoms with Crippen molar-refractivity contribution in [2.45, 2.75) is 57.3 Å². The molecule has 1 fully saturated rings. The van der Waals surface area contributed by atoms with Gasteiger partial charge in [-0.1, -0.05) is 62.4 Å². The normalized spacial score (nSPS) is 15.2. The fraction of sp³-hybridized carbons (Fsp3) is 0.423. The Bertz CT molecular complexity index is 1150. The van der Waals surface area contributed by atoms with Gasteiger partial charge in [-0.25, -0.2) is 4.98 Å². The van der Waals surface area contributed by atoms with Gasteiger partial charge in [0.15, 0.2) is 5.58 Å². The third kappa shape index (κ3) is 5.87. The summed E-state index contributed by atoms with van der Waals surface area (Å²) in [6.07, 6.45) is 8.08. The number of carbonyl (C=O) groups excluding carboxylic acids is 2. The van der Waals surface area contributed by atoms with Crippen LogP contribution >= 0.6 is 0 Å². The standard InChI is InChI=1S/C26H29N3O5/c30-24(14-11-18-7-3-1-4-8-18)27-16-15-21(19-9-5-2-6-10-19)25(31)26-28-22-17-20(29(32)33)12-13-23(22)34-26/h2,5-6,9-10,12-13,17-18,21H,1,3-4,7-8,11,14-16H2,(H,27,30). The van der Waals surface area contributed by atoms with E-state index in [1.165, 1.54) is 50.3 Å². The highest BCUT2D eigenvalue weighted by atomic mass is 16.6. The average Bonchev–Trinajstić information content (AvgIpc) is 3.30. The van der Waals surface area contributed by atoms with Crippen molar-refractivity contribution in [3.05, 3.63) is 70.1 Å². The van der Waals surface area contributed by atoms with Gasteiger partial charge in [0.25, 0.3) is 11.6 Å². The number of fused-ring (bicyclic) bond motifs is 1. The molecular formula is C26H29N3O5. The third-order valence-electron chi connectivity index (χ3n) is 6.57. The summed E-state index contributed by atoms with van der Waals surface area (Å²) in [6.45, 7) is 0.362. The molecule has 4 rings (SSSR count). The van der Waals surface area contributed by atoms with Crippen molar-refractivity contribution in [2.24, 2.45) is 5.92 Å². The van der Waals surface area contributed by atoms with Crippen LogP contribution in [0.1, 0.15) is 73.5 Å². The molecule has 8 heteroatoms. The molecule has 3 aromatic rings. The lowest BCUT2D eigenvalue weighted by Crippen LogP contribution is -2.27. The zero-order chi connectivity index (χ0) is 23.9. The van der Waals surface area contributed by atoms with E-state index in [4.69, 9.17) is 4.42 Å². The van der Waals surface area contributed by atoms with Crippen molar-refractivity contribution in [1.29, 1.82) is 0 Å². The maximum absolute atomic E-state index is 13.3. The Balaban J connectivity index is 1.42. The second kappa shape index (κ2) is 11.0. The first kappa shape index (κ1) is 23.6. The number of carbonyl (C=O) groups is 2. The van der Waals surface area contributed by atoms with E-state index >= 15 is 0 Å². The number of rotatable bonds is 10. The number of benzene rings is 2. The smallest absolute Gasteiger partial charge is 0.271 e. The summed E-state index contributed by atoms with van der Waals surface area (Å²) in [5.41, 5.74) is 1.27. The number of nitrogens with one attached hydrogen (secondary N) is 1. The number of hydrogen-bond donors (Lipinski definition) is 1. The lowest BCUT2D eigenvalue weighted by atomic mass is 9.86. The molecule has 1 saturated carbocycles. The molecule has 8 nitrogen and oxygen atoms in total. The Morgan fingerprint density at radius 1 is 1.12 bits per heavy atom. The number of ketones is 1. The van der Waals surface area contributed by atoms with Crippen LogP contribution in [0.15, 0.2) is 52.9 Å². The van der Waals surface area contributed by atoms with E-state index < -0.39 is 10.8 Å². The van der Waals surface area contributed by atoms with Crippen LogP contribution in [0.4, 0.5) is 5.69 Å². The number of nitro groups is 1. The summed E-state index contributed by atoms with van der Waals surface area (Å²) in [5.74, 6) is -0.301. The number of nitrogens with zero attached hydrogens (tertiary/aromatic N) is 2. The number of nitro benzene ring substituents is 1. The molecule has 0 spiro atoms. The number of oxazole rings is 1. The molecular weight excluding hydrogens is 434 g/mol. The topological polar surface area (TPSA) is 115 Å². The lowest BCUT2D eigenvalue weighted by molar-refractivity contribution is -0.384. The first-order chi connectivity index (χ1) is 16.5. The monoisotopic (exact) mass is 463 g/mol. The van der Waals surface area contributed by atoms with Gasteiger partial charge in [0.05, 0.1) is 10.8 Å². The number of aromatic nitrogens is 1. The number of Topliss-reactive ketones (excluding diaryl/α,β-unsaturated/α-hetero) is 1. The summed E-state index contributed by atoms with van der Waals surface area (Å²) in [7, 11) is 0. The average molecular weight is 464 g/mol. The highest BCUT2D eigenvalue weighted by molar-refractivity contribution is 5.99. The van der Waals surface area contributed by atoms with E-state index in [1.54, 1.807) is 0 Å². The minimum atomic E-state index is -0.553. The van der Waals surface area contributed by atoms with Gasteiger partial charge >= 0.3 is 0 Å². The van der Waals surface area contributed by atoms with Gasteiger partial charge in [-0.15, -0.1) is 0 Å². The highest BCUT2D eigenvalue weighted by Crippen LogP contribution is 2.28. The van der Waals surface area contributed by atoms with Crippen LogP contribution in [0.3, 0.4) is 0 Å². The summed E-state index contributed by atoms with van der Waals surface area (Å²) < 4.78 is 5.63. The second-order valence-electron chi connectivity index (χ2n) is 8.94. The molecule has 0 bridgehead atoms. The number of non-ortho nitro benzene ring substituents is 1. The van der Waals surface area contributed by atoms with Crippen molar-refractivity contribution in [3.8, 4) is 0 Å². The van der Waals surface area contributed by atoms with Gasteiger partial charge in [-0.3, -0.25) is 19.7 Å². The first-order valence-electron chi connectivity index (χ1n) is 11.9. The maximum Gasteiger partial charge on any atom is 0.271 e. The van der Waals surface area contributed by atoms with Gasteiger partial charge in [0, 0.05) is 25.1 Å². The summed E-state index contributed by atoms with van der Waals surface area (Å²) in [5, 5.41) is 14.0. The van der Waals surface area contributed by atoms with Crippen LogP contribution in [-0.2, 0) is 4.79 Å². The van der Waals surface area contributed by atoms with E-state index in [1.807, 2.05) is 30.3 Å². The van der Waals surface area contributed by atoms with E-state index in [-0.39, 0.29) is 28.8 Å². The fourth-order valence-corrected chi connectivity index (χ4v) is 4.67. The second-order valence-corrected chi connectivity index (χ2v) is 8.94. The fourth-order valence-electron chi connectivity index (χ4n) is 4.67. The maximum atomic E-state index is 13.3. The van der Waals surface area contributed by atoms with Crippen molar-refractivity contribution >= 4 is 28.5 Å². The van der Waals surface area contributed by atoms with Crippen LogP contribution in [0.5, 0.6) is 0 Å². The quantitative estimate of drug-likeness (QED) is 0.239. The van der Waals surface area contributed by atoms with Crippen molar-refractivity contribution in [1.82, 2.24) is 10.3 Å². The Labute approximate surface area is 197 Å². The van der Waals surface area contributed by atoms with Crippen LogP contribution in [0.2, 0.25) is 0 Å².